The molecule has 1 atom stereocenters. The van der Waals surface area contributed by atoms with Crippen LogP contribution in [0.5, 0.6) is 0 Å². The number of ether oxygens (including phenoxy) is 1. The van der Waals surface area contributed by atoms with Crippen LogP contribution in [0.4, 0.5) is 0 Å². The summed E-state index contributed by atoms with van der Waals surface area (Å²) in [6, 6.07) is 7.38. The Morgan fingerprint density at radius 1 is 1.18 bits per heavy atom. The van der Waals surface area contributed by atoms with Crippen molar-refractivity contribution in [3.05, 3.63) is 30.1 Å². The van der Waals surface area contributed by atoms with E-state index in [4.69, 9.17) is 4.74 Å². The summed E-state index contributed by atoms with van der Waals surface area (Å²) < 4.78 is 5.26. The Labute approximate surface area is 127 Å². The summed E-state index contributed by atoms with van der Waals surface area (Å²) in [7, 11) is 0. The van der Waals surface area contributed by atoms with Crippen LogP contribution in [0, 0.1) is 5.92 Å². The minimum Gasteiger partial charge on any atom is -0.457 e. The van der Waals surface area contributed by atoms with Crippen molar-refractivity contribution < 1.29 is 14.3 Å². The Balaban J connectivity index is 1.62. The predicted octanol–water partition coefficient (Wildman–Crippen LogP) is 2.22. The Hall–Kier alpha value is -2.37. The molecule has 1 aliphatic carbocycles. The van der Waals surface area contributed by atoms with Gasteiger partial charge in [-0.25, -0.2) is 4.98 Å². The van der Waals surface area contributed by atoms with Gasteiger partial charge in [0.1, 0.15) is 11.3 Å². The average Bonchev–Trinajstić information content (AvgIpc) is 2.77. The monoisotopic (exact) mass is 299 g/mol. The second-order valence-electron chi connectivity index (χ2n) is 5.51. The summed E-state index contributed by atoms with van der Waals surface area (Å²) in [5, 5.41) is 7.99. The number of benzene rings is 1. The van der Waals surface area contributed by atoms with Gasteiger partial charge in [-0.15, -0.1) is 10.2 Å². The van der Waals surface area contributed by atoms with Crippen molar-refractivity contribution in [2.24, 2.45) is 5.92 Å². The first-order valence-corrected chi connectivity index (χ1v) is 7.49. The summed E-state index contributed by atoms with van der Waals surface area (Å²) in [4.78, 5) is 28.0. The fraction of sp³-hybridized carbons (Fsp3) is 0.438. The summed E-state index contributed by atoms with van der Waals surface area (Å²) in [6.07, 6.45) is 3.32. The molecule has 0 bridgehead atoms. The van der Waals surface area contributed by atoms with Crippen LogP contribution in [0.2, 0.25) is 0 Å². The number of carbonyl (C=O) groups is 2. The summed E-state index contributed by atoms with van der Waals surface area (Å²) >= 11 is 0. The van der Waals surface area contributed by atoms with Gasteiger partial charge in [0.2, 0.25) is 0 Å². The van der Waals surface area contributed by atoms with E-state index in [-0.39, 0.29) is 30.7 Å². The number of nitrogens with zero attached hydrogens (tertiary/aromatic N) is 3. The highest BCUT2D eigenvalue weighted by molar-refractivity contribution is 5.84. The van der Waals surface area contributed by atoms with Crippen molar-refractivity contribution in [2.45, 2.75) is 38.7 Å². The zero-order chi connectivity index (χ0) is 15.4. The zero-order valence-corrected chi connectivity index (χ0v) is 12.2. The third kappa shape index (κ3) is 3.44. The molecule has 22 heavy (non-hydrogen) atoms. The second kappa shape index (κ2) is 6.60. The van der Waals surface area contributed by atoms with E-state index in [1.165, 1.54) is 0 Å². The molecule has 0 spiro atoms. The van der Waals surface area contributed by atoms with E-state index in [0.29, 0.717) is 29.7 Å². The highest BCUT2D eigenvalue weighted by Crippen LogP contribution is 2.22. The van der Waals surface area contributed by atoms with E-state index in [9.17, 15) is 9.59 Å². The lowest BCUT2D eigenvalue weighted by Crippen LogP contribution is -2.20. The van der Waals surface area contributed by atoms with Crippen molar-refractivity contribution in [3.63, 3.8) is 0 Å². The van der Waals surface area contributed by atoms with Crippen molar-refractivity contribution >= 4 is 22.8 Å². The Morgan fingerprint density at radius 3 is 2.86 bits per heavy atom. The molecule has 1 unspecified atom stereocenters. The molecule has 1 fully saturated rings. The molecule has 1 aromatic carbocycles. The van der Waals surface area contributed by atoms with Crippen LogP contribution in [0.15, 0.2) is 24.3 Å². The number of Topliss-reactive ketones (excluding diaryl/α,β-unsaturated/α-hetero) is 1. The van der Waals surface area contributed by atoms with Crippen LogP contribution < -0.4 is 0 Å². The second-order valence-corrected chi connectivity index (χ2v) is 5.51. The van der Waals surface area contributed by atoms with E-state index in [0.717, 1.165) is 12.8 Å². The van der Waals surface area contributed by atoms with E-state index in [2.05, 4.69) is 15.2 Å². The van der Waals surface area contributed by atoms with Crippen LogP contribution in [-0.2, 0) is 20.9 Å². The highest BCUT2D eigenvalue weighted by Gasteiger charge is 2.25. The predicted molar refractivity (Wildman–Crippen MR) is 78.7 cm³/mol. The smallest absolute Gasteiger partial charge is 0.309 e. The molecule has 0 amide bonds. The van der Waals surface area contributed by atoms with Gasteiger partial charge in [0.25, 0.3) is 0 Å². The number of ketones is 1. The van der Waals surface area contributed by atoms with Gasteiger partial charge in [0.05, 0.1) is 11.4 Å². The third-order valence-corrected chi connectivity index (χ3v) is 3.81. The largest absolute Gasteiger partial charge is 0.457 e. The SMILES string of the molecule is O=C1CCCCC(C(=O)OCc2nnc3ccccc3n2)C1. The number of carbonyl (C=O) groups excluding carboxylic acids is 2. The zero-order valence-electron chi connectivity index (χ0n) is 12.2. The summed E-state index contributed by atoms with van der Waals surface area (Å²) in [5.74, 6) is -0.162. The van der Waals surface area contributed by atoms with Crippen LogP contribution >= 0.6 is 0 Å². The molecule has 0 aliphatic heterocycles. The Bertz CT molecular complexity index is 702. The van der Waals surface area contributed by atoms with Crippen molar-refractivity contribution in [1.82, 2.24) is 15.2 Å². The van der Waals surface area contributed by atoms with Crippen LogP contribution in [0.3, 0.4) is 0 Å². The van der Waals surface area contributed by atoms with Gasteiger partial charge in [-0.2, -0.15) is 0 Å². The third-order valence-electron chi connectivity index (χ3n) is 3.81. The van der Waals surface area contributed by atoms with E-state index in [1.54, 1.807) is 0 Å². The topological polar surface area (TPSA) is 82.0 Å². The first-order valence-electron chi connectivity index (χ1n) is 7.49. The number of aromatic nitrogens is 3. The van der Waals surface area contributed by atoms with E-state index < -0.39 is 0 Å². The van der Waals surface area contributed by atoms with Gasteiger partial charge < -0.3 is 4.74 Å². The van der Waals surface area contributed by atoms with Gasteiger partial charge in [0.15, 0.2) is 12.4 Å². The number of fused-ring (bicyclic) bond motifs is 1. The average molecular weight is 299 g/mol. The van der Waals surface area contributed by atoms with Gasteiger partial charge in [0, 0.05) is 12.8 Å². The Morgan fingerprint density at radius 2 is 2.00 bits per heavy atom. The molecule has 0 saturated heterocycles. The maximum absolute atomic E-state index is 12.1. The molecule has 6 heteroatoms. The molecule has 0 N–H and O–H groups in total. The van der Waals surface area contributed by atoms with Gasteiger partial charge >= 0.3 is 5.97 Å². The van der Waals surface area contributed by atoms with Gasteiger partial charge in [-0.05, 0) is 25.0 Å². The van der Waals surface area contributed by atoms with Crippen LogP contribution in [0.25, 0.3) is 11.0 Å². The molecule has 0 radical (unpaired) electrons. The Kier molecular flexibility index (Phi) is 4.37. The lowest BCUT2D eigenvalue weighted by molar-refractivity contribution is -0.151. The lowest BCUT2D eigenvalue weighted by Gasteiger charge is -2.12. The minimum atomic E-state index is -0.341. The molecular formula is C16H17N3O3. The lowest BCUT2D eigenvalue weighted by atomic mass is 10.0. The van der Waals surface area contributed by atoms with Crippen molar-refractivity contribution in [3.8, 4) is 0 Å². The fourth-order valence-electron chi connectivity index (χ4n) is 2.62. The molecular weight excluding hydrogens is 282 g/mol. The number of rotatable bonds is 3. The molecule has 114 valence electrons. The molecule has 1 aromatic heterocycles. The van der Waals surface area contributed by atoms with Crippen LogP contribution in [-0.4, -0.2) is 26.9 Å². The maximum atomic E-state index is 12.1. The van der Waals surface area contributed by atoms with Crippen LogP contribution in [0.1, 0.15) is 37.9 Å². The van der Waals surface area contributed by atoms with Crippen molar-refractivity contribution in [2.75, 3.05) is 0 Å². The maximum Gasteiger partial charge on any atom is 0.309 e. The molecule has 1 saturated carbocycles. The van der Waals surface area contributed by atoms with Crippen molar-refractivity contribution in [1.29, 1.82) is 0 Å². The van der Waals surface area contributed by atoms with Gasteiger partial charge in [-0.1, -0.05) is 18.6 Å². The summed E-state index contributed by atoms with van der Waals surface area (Å²) in [6.45, 7) is -0.0125. The quantitative estimate of drug-likeness (QED) is 0.638. The highest BCUT2D eigenvalue weighted by atomic mass is 16.5. The van der Waals surface area contributed by atoms with Gasteiger partial charge in [-0.3, -0.25) is 9.59 Å². The fourth-order valence-corrected chi connectivity index (χ4v) is 2.62. The molecule has 6 nitrogen and oxygen atoms in total. The minimum absolute atomic E-state index is 0.0125. The van der Waals surface area contributed by atoms with E-state index in [1.807, 2.05) is 24.3 Å². The van der Waals surface area contributed by atoms with E-state index >= 15 is 0 Å². The normalized spacial score (nSPS) is 18.9. The first-order chi connectivity index (χ1) is 10.7. The summed E-state index contributed by atoms with van der Waals surface area (Å²) in [5.41, 5.74) is 1.42. The number of hydrogen-bond acceptors (Lipinski definition) is 6. The molecule has 1 aliphatic rings. The number of para-hydroxylation sites is 1. The number of esters is 1. The standard InChI is InChI=1S/C16H17N3O3/c20-12-6-2-1-5-11(9-12)16(21)22-10-15-17-13-7-3-4-8-14(13)18-19-15/h3-4,7-8,11H,1-2,5-6,9-10H2. The first kappa shape index (κ1) is 14.6. The molecule has 2 aromatic rings. The molecule has 1 heterocycles. The molecule has 3 rings (SSSR count). The number of hydrogen-bond donors (Lipinski definition) is 0.